The summed E-state index contributed by atoms with van der Waals surface area (Å²) in [6.07, 6.45) is 1.51. The zero-order valence-electron chi connectivity index (χ0n) is 7.50. The van der Waals surface area contributed by atoms with Crippen molar-refractivity contribution in [2.75, 3.05) is 6.61 Å². The first-order chi connectivity index (χ1) is 4.91. The third kappa shape index (κ3) is 87.6. The average Bonchev–Trinajstić information content (AvgIpc) is 1.79. The third-order valence-electron chi connectivity index (χ3n) is 0.282. The van der Waals surface area contributed by atoms with Gasteiger partial charge in [-0.2, -0.15) is 8.42 Å². The molecule has 68 valence electrons. The number of ether oxygens (including phenoxy) is 1. The molecule has 0 fully saturated rings. The summed E-state index contributed by atoms with van der Waals surface area (Å²) in [7, 11) is -4.67. The summed E-state index contributed by atoms with van der Waals surface area (Å²) < 4.78 is 35.8. The number of hydrogen-bond donors (Lipinski definition) is 2. The zero-order valence-corrected chi connectivity index (χ0v) is 9.32. The van der Waals surface area contributed by atoms with Gasteiger partial charge in [0, 0.05) is 0 Å². The smallest absolute Gasteiger partial charge is 1.00 e. The second-order valence-corrected chi connectivity index (χ2v) is 2.06. The molecule has 8 heteroatoms. The first-order valence-electron chi connectivity index (χ1n) is 2.28. The van der Waals surface area contributed by atoms with Crippen LogP contribution in [0.15, 0.2) is 12.7 Å². The normalized spacial score (nSPS) is 8.17. The van der Waals surface area contributed by atoms with Crippen LogP contribution in [0.5, 0.6) is 0 Å². The van der Waals surface area contributed by atoms with Crippen molar-refractivity contribution in [3.63, 3.8) is 0 Å². The van der Waals surface area contributed by atoms with Crippen molar-refractivity contribution in [3.05, 3.63) is 12.7 Å². The maximum absolute atomic E-state index is 9.29. The largest absolute Gasteiger partial charge is 1.00 e. The summed E-state index contributed by atoms with van der Waals surface area (Å²) in [6.45, 7) is 4.01. The van der Waals surface area contributed by atoms with Crippen LogP contribution < -0.4 is 29.6 Å². The molecule has 2 N–H and O–H groups in total. The van der Waals surface area contributed by atoms with Gasteiger partial charge in [-0.25, -0.2) is 0 Å². The molecule has 0 atom stereocenters. The summed E-state index contributed by atoms with van der Waals surface area (Å²) >= 11 is 0. The molecule has 0 aliphatic carbocycles. The molecule has 0 amide bonds. The van der Waals surface area contributed by atoms with E-state index in [1.165, 1.54) is 6.08 Å². The summed E-state index contributed by atoms with van der Waals surface area (Å²) in [5, 5.41) is 0. The van der Waals surface area contributed by atoms with Crippen molar-refractivity contribution in [1.29, 1.82) is 0 Å². The molecule has 0 spiro atoms. The molecule has 0 radical (unpaired) electrons. The molecule has 6 nitrogen and oxygen atoms in total. The van der Waals surface area contributed by atoms with Crippen LogP contribution in [0.4, 0.5) is 0 Å². The Morgan fingerprint density at radius 3 is 1.92 bits per heavy atom. The standard InChI is InChI=1S/C4H6O2.Na.H2O4S.H/c1-2-3-6-4-5;;1-5(2,3)4;/h2,4H,1,3H2;;(H2,1,2,3,4);/q;+1;;-1. The molecule has 0 aliphatic rings. The van der Waals surface area contributed by atoms with Crippen LogP contribution in [0.3, 0.4) is 0 Å². The van der Waals surface area contributed by atoms with E-state index in [2.05, 4.69) is 11.3 Å². The van der Waals surface area contributed by atoms with Gasteiger partial charge < -0.3 is 6.16 Å². The van der Waals surface area contributed by atoms with Crippen LogP contribution in [0.25, 0.3) is 0 Å². The van der Waals surface area contributed by atoms with E-state index in [9.17, 15) is 4.79 Å². The fraction of sp³-hybridized carbons (Fsp3) is 0.250. The van der Waals surface area contributed by atoms with Crippen molar-refractivity contribution < 1.29 is 58.0 Å². The summed E-state index contributed by atoms with van der Waals surface area (Å²) in [4.78, 5) is 9.29. The molecule has 0 rings (SSSR count). The Labute approximate surface area is 94.0 Å². The van der Waals surface area contributed by atoms with Crippen LogP contribution in [-0.2, 0) is 19.9 Å². The Kier molecular flexibility index (Phi) is 16.6. The van der Waals surface area contributed by atoms with Crippen LogP contribution >= 0.6 is 0 Å². The van der Waals surface area contributed by atoms with Gasteiger partial charge in [0.05, 0.1) is 0 Å². The first kappa shape index (κ1) is 18.0. The maximum atomic E-state index is 9.29. The summed E-state index contributed by atoms with van der Waals surface area (Å²) in [5.74, 6) is 0. The molecular weight excluding hydrogens is 199 g/mol. The van der Waals surface area contributed by atoms with Gasteiger partial charge in [0.1, 0.15) is 6.61 Å². The SMILES string of the molecule is C=CCOC=O.O=S(=O)(O)O.[H-].[Na+]. The van der Waals surface area contributed by atoms with Gasteiger partial charge in [0.15, 0.2) is 0 Å². The molecule has 12 heavy (non-hydrogen) atoms. The third-order valence-corrected chi connectivity index (χ3v) is 0.282. The van der Waals surface area contributed by atoms with Crippen molar-refractivity contribution in [1.82, 2.24) is 0 Å². The van der Waals surface area contributed by atoms with Crippen molar-refractivity contribution in [2.24, 2.45) is 0 Å². The van der Waals surface area contributed by atoms with Gasteiger partial charge in [0.2, 0.25) is 0 Å². The topological polar surface area (TPSA) is 101 Å². The van der Waals surface area contributed by atoms with E-state index in [1.807, 2.05) is 0 Å². The summed E-state index contributed by atoms with van der Waals surface area (Å²) in [6, 6.07) is 0. The van der Waals surface area contributed by atoms with E-state index >= 15 is 0 Å². The van der Waals surface area contributed by atoms with Crippen molar-refractivity contribution in [2.45, 2.75) is 0 Å². The second kappa shape index (κ2) is 11.1. The van der Waals surface area contributed by atoms with E-state index in [0.717, 1.165) is 0 Å². The quantitative estimate of drug-likeness (QED) is 0.167. The van der Waals surface area contributed by atoms with E-state index in [0.29, 0.717) is 13.1 Å². The monoisotopic (exact) mass is 208 g/mol. The first-order valence-corrected chi connectivity index (χ1v) is 3.67. The number of hydrogen-bond acceptors (Lipinski definition) is 4. The van der Waals surface area contributed by atoms with E-state index in [4.69, 9.17) is 17.5 Å². The second-order valence-electron chi connectivity index (χ2n) is 1.17. The van der Waals surface area contributed by atoms with Crippen molar-refractivity contribution in [3.8, 4) is 0 Å². The predicted octanol–water partition coefficient (Wildman–Crippen LogP) is -3.19. The van der Waals surface area contributed by atoms with Gasteiger partial charge in [-0.05, 0) is 0 Å². The van der Waals surface area contributed by atoms with Crippen LogP contribution in [0, 0.1) is 0 Å². The number of carbonyl (C=O) groups is 1. The zero-order chi connectivity index (χ0) is 9.33. The molecule has 0 saturated heterocycles. The molecule has 0 aromatic carbocycles. The predicted molar refractivity (Wildman–Crippen MR) is 37.5 cm³/mol. The van der Waals surface area contributed by atoms with Crippen LogP contribution in [-0.4, -0.2) is 30.6 Å². The number of carbonyl (C=O) groups excluding carboxylic acids is 1. The molecule has 0 bridgehead atoms. The van der Waals surface area contributed by atoms with Gasteiger partial charge in [-0.3, -0.25) is 13.9 Å². The number of rotatable bonds is 3. The van der Waals surface area contributed by atoms with Gasteiger partial charge in [-0.15, -0.1) is 0 Å². The van der Waals surface area contributed by atoms with Crippen LogP contribution in [0.2, 0.25) is 0 Å². The average molecular weight is 208 g/mol. The fourth-order valence-corrected chi connectivity index (χ4v) is 0.107. The fourth-order valence-electron chi connectivity index (χ4n) is 0.107. The Morgan fingerprint density at radius 2 is 1.83 bits per heavy atom. The Morgan fingerprint density at radius 1 is 1.50 bits per heavy atom. The Bertz CT molecular complexity index is 187. The van der Waals surface area contributed by atoms with Gasteiger partial charge in [-0.1, -0.05) is 12.7 Å². The minimum Gasteiger partial charge on any atom is -1.00 e. The molecule has 0 aromatic rings. The van der Waals surface area contributed by atoms with E-state index in [1.54, 1.807) is 0 Å². The molecule has 0 aromatic heterocycles. The Balaban J connectivity index is -0.0000000546. The minimum atomic E-state index is -4.67. The molecular formula is C4H9NaO6S. The Hall–Kier alpha value is 0.0800. The summed E-state index contributed by atoms with van der Waals surface area (Å²) in [5.41, 5.74) is 0. The molecule has 0 saturated carbocycles. The van der Waals surface area contributed by atoms with Gasteiger partial charge in [0.25, 0.3) is 6.47 Å². The minimum absolute atomic E-state index is 0. The van der Waals surface area contributed by atoms with E-state index < -0.39 is 10.4 Å². The molecule has 0 heterocycles. The molecule has 0 aliphatic heterocycles. The van der Waals surface area contributed by atoms with E-state index in [-0.39, 0.29) is 31.0 Å². The van der Waals surface area contributed by atoms with Crippen molar-refractivity contribution >= 4 is 16.9 Å². The maximum Gasteiger partial charge on any atom is 1.00 e. The van der Waals surface area contributed by atoms with Gasteiger partial charge >= 0.3 is 40.0 Å². The van der Waals surface area contributed by atoms with Crippen LogP contribution in [0.1, 0.15) is 1.43 Å². The molecule has 0 unspecified atom stereocenters.